The zero-order valence-electron chi connectivity index (χ0n) is 11.4. The summed E-state index contributed by atoms with van der Waals surface area (Å²) < 4.78 is 28.1. The Labute approximate surface area is 125 Å². The van der Waals surface area contributed by atoms with Gasteiger partial charge in [0.25, 0.3) is 0 Å². The molecule has 0 saturated heterocycles. The van der Waals surface area contributed by atoms with Crippen LogP contribution in [0, 0.1) is 10.1 Å². The van der Waals surface area contributed by atoms with Crippen LogP contribution in [0.5, 0.6) is 17.2 Å². The summed E-state index contributed by atoms with van der Waals surface area (Å²) >= 11 is 0. The molecule has 2 rings (SSSR count). The van der Waals surface area contributed by atoms with Crippen molar-refractivity contribution in [1.82, 2.24) is 0 Å². The topological polar surface area (TPSA) is 133 Å². The van der Waals surface area contributed by atoms with Crippen LogP contribution >= 0.6 is 0 Å². The molecular formula is C13H12N2O6S. The van der Waals surface area contributed by atoms with Gasteiger partial charge in [0.05, 0.1) is 21.6 Å². The van der Waals surface area contributed by atoms with E-state index in [4.69, 9.17) is 10.5 Å². The van der Waals surface area contributed by atoms with Crippen LogP contribution in [0.25, 0.3) is 0 Å². The summed E-state index contributed by atoms with van der Waals surface area (Å²) in [4.78, 5) is 10.3. The highest BCUT2D eigenvalue weighted by Gasteiger charge is 2.19. The molecule has 0 fully saturated rings. The molecule has 9 heteroatoms. The van der Waals surface area contributed by atoms with Crippen LogP contribution in [0.1, 0.15) is 0 Å². The molecule has 0 amide bonds. The summed E-state index contributed by atoms with van der Waals surface area (Å²) in [5.41, 5.74) is 4.96. The molecule has 0 aliphatic rings. The predicted molar refractivity (Wildman–Crippen MR) is 78.8 cm³/mol. The number of nitrogens with two attached hydrogens (primary N) is 1. The number of ether oxygens (including phenoxy) is 1. The van der Waals surface area contributed by atoms with Gasteiger partial charge in [0.1, 0.15) is 11.5 Å². The Bertz CT molecular complexity index is 830. The maximum atomic E-state index is 11.4. The number of benzene rings is 2. The summed E-state index contributed by atoms with van der Waals surface area (Å²) in [6, 6.07) is 7.38. The number of hydrogen-bond acceptors (Lipinski definition) is 7. The van der Waals surface area contributed by atoms with Crippen molar-refractivity contribution in [3.05, 3.63) is 46.5 Å². The zero-order valence-corrected chi connectivity index (χ0v) is 12.2. The molecule has 0 heterocycles. The fourth-order valence-electron chi connectivity index (χ4n) is 1.68. The third-order valence-corrected chi connectivity index (χ3v) is 3.91. The van der Waals surface area contributed by atoms with Gasteiger partial charge in [-0.1, -0.05) is 0 Å². The van der Waals surface area contributed by atoms with E-state index in [1.54, 1.807) is 0 Å². The number of anilines is 1. The molecule has 0 atom stereocenters. The molecule has 8 nitrogen and oxygen atoms in total. The van der Waals surface area contributed by atoms with Gasteiger partial charge in [-0.15, -0.1) is 0 Å². The molecule has 0 aliphatic heterocycles. The van der Waals surface area contributed by atoms with Gasteiger partial charge >= 0.3 is 5.69 Å². The molecule has 22 heavy (non-hydrogen) atoms. The van der Waals surface area contributed by atoms with E-state index in [0.29, 0.717) is 0 Å². The van der Waals surface area contributed by atoms with Gasteiger partial charge in [-0.2, -0.15) is 0 Å². The lowest BCUT2D eigenvalue weighted by Gasteiger charge is -2.08. The first-order valence-electron chi connectivity index (χ1n) is 5.93. The van der Waals surface area contributed by atoms with Crippen LogP contribution in [0.15, 0.2) is 41.3 Å². The smallest absolute Gasteiger partial charge is 0.315 e. The quantitative estimate of drug-likeness (QED) is 0.380. The van der Waals surface area contributed by atoms with Crippen molar-refractivity contribution in [1.29, 1.82) is 0 Å². The van der Waals surface area contributed by atoms with Crippen molar-refractivity contribution >= 4 is 21.2 Å². The molecule has 0 unspecified atom stereocenters. The third-order valence-electron chi connectivity index (χ3n) is 2.78. The van der Waals surface area contributed by atoms with Gasteiger partial charge in [-0.25, -0.2) is 8.42 Å². The summed E-state index contributed by atoms with van der Waals surface area (Å²) in [5, 5.41) is 20.4. The van der Waals surface area contributed by atoms with E-state index in [2.05, 4.69) is 0 Å². The Balaban J connectivity index is 2.39. The molecule has 116 valence electrons. The second-order valence-electron chi connectivity index (χ2n) is 4.48. The van der Waals surface area contributed by atoms with Crippen molar-refractivity contribution < 1.29 is 23.2 Å². The summed E-state index contributed by atoms with van der Waals surface area (Å²) in [7, 11) is -3.34. The summed E-state index contributed by atoms with van der Waals surface area (Å²) in [5.74, 6) is -0.389. The third kappa shape index (κ3) is 3.26. The molecular weight excluding hydrogens is 312 g/mol. The highest BCUT2D eigenvalue weighted by Crippen LogP contribution is 2.38. The van der Waals surface area contributed by atoms with Gasteiger partial charge in [0.2, 0.25) is 5.75 Å². The number of nitro groups is 1. The Morgan fingerprint density at radius 2 is 1.82 bits per heavy atom. The second kappa shape index (κ2) is 5.53. The molecule has 0 saturated carbocycles. The largest absolute Gasteiger partial charge is 0.506 e. The Morgan fingerprint density at radius 3 is 2.32 bits per heavy atom. The number of nitrogens with zero attached hydrogens (tertiary/aromatic N) is 1. The molecule has 2 aromatic carbocycles. The minimum atomic E-state index is -3.34. The Kier molecular flexibility index (Phi) is 3.91. The molecule has 0 aromatic heterocycles. The van der Waals surface area contributed by atoms with Crippen LogP contribution in [-0.4, -0.2) is 24.7 Å². The van der Waals surface area contributed by atoms with Gasteiger partial charge in [0, 0.05) is 12.3 Å². The van der Waals surface area contributed by atoms with Crippen molar-refractivity contribution in [3.63, 3.8) is 0 Å². The van der Waals surface area contributed by atoms with Crippen molar-refractivity contribution in [2.24, 2.45) is 0 Å². The minimum absolute atomic E-state index is 0.0756. The van der Waals surface area contributed by atoms with Crippen LogP contribution in [0.3, 0.4) is 0 Å². The molecule has 0 bridgehead atoms. The van der Waals surface area contributed by atoms with Crippen LogP contribution in [-0.2, 0) is 9.84 Å². The monoisotopic (exact) mass is 324 g/mol. The minimum Gasteiger partial charge on any atom is -0.506 e. The molecule has 3 N–H and O–H groups in total. The number of phenolic OH excluding ortho intramolecular Hbond substituents is 1. The standard InChI is InChI=1S/C13H12N2O6S/c1-22(19,20)9-4-2-8(3-5-9)21-13-6-10(14)12(16)7-11(13)15(17)18/h2-7,16H,14H2,1H3. The van der Waals surface area contributed by atoms with Crippen molar-refractivity contribution in [2.75, 3.05) is 12.0 Å². The normalized spacial score (nSPS) is 11.1. The molecule has 0 spiro atoms. The van der Waals surface area contributed by atoms with E-state index in [-0.39, 0.29) is 22.1 Å². The number of nitrogen functional groups attached to an aromatic ring is 1. The van der Waals surface area contributed by atoms with Gasteiger partial charge in [-0.05, 0) is 24.3 Å². The Hall–Kier alpha value is -2.81. The van der Waals surface area contributed by atoms with E-state index in [1.165, 1.54) is 24.3 Å². The number of sulfone groups is 1. The summed E-state index contributed by atoms with van der Waals surface area (Å²) in [6.45, 7) is 0. The molecule has 0 aliphatic carbocycles. The maximum absolute atomic E-state index is 11.4. The SMILES string of the molecule is CS(=O)(=O)c1ccc(Oc2cc(N)c(O)cc2[N+](=O)[O-])cc1. The average molecular weight is 324 g/mol. The highest BCUT2D eigenvalue weighted by atomic mass is 32.2. The lowest BCUT2D eigenvalue weighted by molar-refractivity contribution is -0.385. The number of nitro benzene ring substituents is 1. The zero-order chi connectivity index (χ0) is 16.5. The van der Waals surface area contributed by atoms with E-state index < -0.39 is 26.2 Å². The fourth-order valence-corrected chi connectivity index (χ4v) is 2.31. The van der Waals surface area contributed by atoms with Gasteiger partial charge < -0.3 is 15.6 Å². The number of hydrogen-bond donors (Lipinski definition) is 2. The lowest BCUT2D eigenvalue weighted by Crippen LogP contribution is -1.98. The van der Waals surface area contributed by atoms with E-state index in [1.807, 2.05) is 0 Å². The van der Waals surface area contributed by atoms with Crippen LogP contribution < -0.4 is 10.5 Å². The number of rotatable bonds is 4. The maximum Gasteiger partial charge on any atom is 0.315 e. The van der Waals surface area contributed by atoms with E-state index in [0.717, 1.165) is 18.4 Å². The number of phenols is 1. The fraction of sp³-hybridized carbons (Fsp3) is 0.0769. The Morgan fingerprint density at radius 1 is 1.23 bits per heavy atom. The summed E-state index contributed by atoms with van der Waals surface area (Å²) in [6.07, 6.45) is 1.06. The van der Waals surface area contributed by atoms with Gasteiger partial charge in [0.15, 0.2) is 9.84 Å². The highest BCUT2D eigenvalue weighted by molar-refractivity contribution is 7.90. The first-order valence-corrected chi connectivity index (χ1v) is 7.82. The van der Waals surface area contributed by atoms with Crippen LogP contribution in [0.2, 0.25) is 0 Å². The van der Waals surface area contributed by atoms with Crippen molar-refractivity contribution in [2.45, 2.75) is 4.90 Å². The van der Waals surface area contributed by atoms with Crippen molar-refractivity contribution in [3.8, 4) is 17.2 Å². The predicted octanol–water partition coefficient (Wildman–Crippen LogP) is 2.08. The average Bonchev–Trinajstić information content (AvgIpc) is 2.42. The second-order valence-corrected chi connectivity index (χ2v) is 6.50. The van der Waals surface area contributed by atoms with E-state index >= 15 is 0 Å². The van der Waals surface area contributed by atoms with Gasteiger partial charge in [-0.3, -0.25) is 10.1 Å². The molecule has 2 aromatic rings. The molecule has 0 radical (unpaired) electrons. The van der Waals surface area contributed by atoms with E-state index in [9.17, 15) is 23.6 Å². The number of aromatic hydroxyl groups is 1. The first kappa shape index (κ1) is 15.6. The van der Waals surface area contributed by atoms with Crippen LogP contribution in [0.4, 0.5) is 11.4 Å². The first-order chi connectivity index (χ1) is 10.2. The lowest BCUT2D eigenvalue weighted by atomic mass is 10.2.